The molecule has 2 aromatic rings. The first kappa shape index (κ1) is 21.7. The number of nitrogens with zero attached hydrogens (tertiary/aromatic N) is 2. The maximum absolute atomic E-state index is 12.6. The fraction of sp³-hybridized carbons (Fsp3) is 0.385. The zero-order chi connectivity index (χ0) is 22.3. The molecule has 5 heteroatoms. The van der Waals surface area contributed by atoms with Gasteiger partial charge in [0, 0.05) is 17.8 Å². The third-order valence-electron chi connectivity index (χ3n) is 6.26. The molecule has 1 atom stereocenters. The van der Waals surface area contributed by atoms with Crippen molar-refractivity contribution in [2.24, 2.45) is 4.99 Å². The largest absolute Gasteiger partial charge is 0.366 e. The molecule has 162 valence electrons. The molecule has 4 nitrogen and oxygen atoms in total. The van der Waals surface area contributed by atoms with Gasteiger partial charge in [0.05, 0.1) is 10.6 Å². The van der Waals surface area contributed by atoms with E-state index in [1.807, 2.05) is 37.3 Å². The lowest BCUT2D eigenvalue weighted by Gasteiger charge is -2.47. The van der Waals surface area contributed by atoms with E-state index in [0.717, 1.165) is 29.8 Å². The highest BCUT2D eigenvalue weighted by atomic mass is 32.2. The van der Waals surface area contributed by atoms with Gasteiger partial charge in [0.25, 0.3) is 5.91 Å². The number of amides is 1. The van der Waals surface area contributed by atoms with Gasteiger partial charge in [-0.3, -0.25) is 4.79 Å². The van der Waals surface area contributed by atoms with E-state index in [-0.39, 0.29) is 11.4 Å². The number of aliphatic imine (C=N–C) groups is 1. The second-order valence-corrected chi connectivity index (χ2v) is 10.3. The van der Waals surface area contributed by atoms with Crippen LogP contribution in [-0.4, -0.2) is 23.2 Å². The van der Waals surface area contributed by atoms with Gasteiger partial charge in [-0.2, -0.15) is 0 Å². The Labute approximate surface area is 189 Å². The molecule has 0 saturated carbocycles. The van der Waals surface area contributed by atoms with Gasteiger partial charge < -0.3 is 10.2 Å². The Morgan fingerprint density at radius 1 is 1.26 bits per heavy atom. The molecule has 4 rings (SSSR count). The second-order valence-electron chi connectivity index (χ2n) is 9.25. The highest BCUT2D eigenvalue weighted by Crippen LogP contribution is 2.44. The summed E-state index contributed by atoms with van der Waals surface area (Å²) >= 11 is 1.41. The lowest BCUT2D eigenvalue weighted by Crippen LogP contribution is -2.48. The third-order valence-corrected chi connectivity index (χ3v) is 7.17. The maximum atomic E-state index is 12.6. The smallest absolute Gasteiger partial charge is 0.264 e. The molecular formula is C26H31N3OS. The molecule has 2 aliphatic heterocycles. The fourth-order valence-electron chi connectivity index (χ4n) is 4.84. The first-order valence-corrected chi connectivity index (χ1v) is 11.8. The number of anilines is 1. The van der Waals surface area contributed by atoms with E-state index in [2.05, 4.69) is 62.0 Å². The summed E-state index contributed by atoms with van der Waals surface area (Å²) in [6, 6.07) is 12.6. The first-order chi connectivity index (χ1) is 14.7. The molecule has 0 aliphatic carbocycles. The minimum Gasteiger partial charge on any atom is -0.366 e. The lowest BCUT2D eigenvalue weighted by molar-refractivity contribution is -0.115. The van der Waals surface area contributed by atoms with Crippen LogP contribution in [0.4, 0.5) is 11.4 Å². The van der Waals surface area contributed by atoms with Crippen LogP contribution in [0.1, 0.15) is 62.3 Å². The van der Waals surface area contributed by atoms with Crippen molar-refractivity contribution in [1.29, 1.82) is 0 Å². The number of aryl methyl sites for hydroxylation is 2. The Morgan fingerprint density at radius 2 is 2.03 bits per heavy atom. The van der Waals surface area contributed by atoms with E-state index in [1.54, 1.807) is 0 Å². The molecule has 2 aromatic carbocycles. The van der Waals surface area contributed by atoms with Gasteiger partial charge in [-0.05, 0) is 111 Å². The van der Waals surface area contributed by atoms with Crippen molar-refractivity contribution in [3.8, 4) is 0 Å². The Balaban J connectivity index is 1.67. The molecule has 31 heavy (non-hydrogen) atoms. The van der Waals surface area contributed by atoms with Crippen molar-refractivity contribution >= 4 is 40.3 Å². The van der Waals surface area contributed by atoms with E-state index in [4.69, 9.17) is 0 Å². The molecule has 0 spiro atoms. The number of thioether (sulfide) groups is 1. The van der Waals surface area contributed by atoms with Gasteiger partial charge in [-0.15, -0.1) is 0 Å². The number of hydrogen-bond acceptors (Lipinski definition) is 4. The number of carbonyl (C=O) groups excluding carboxylic acids is 1. The molecule has 1 fully saturated rings. The van der Waals surface area contributed by atoms with Crippen molar-refractivity contribution in [2.45, 2.75) is 59.4 Å². The summed E-state index contributed by atoms with van der Waals surface area (Å²) in [6.07, 6.45) is 3.13. The highest BCUT2D eigenvalue weighted by molar-refractivity contribution is 8.18. The topological polar surface area (TPSA) is 44.7 Å². The summed E-state index contributed by atoms with van der Waals surface area (Å²) in [5, 5.41) is 3.54. The van der Waals surface area contributed by atoms with Crippen LogP contribution < -0.4 is 10.2 Å². The number of amidine groups is 1. The van der Waals surface area contributed by atoms with Crippen LogP contribution in [0.3, 0.4) is 0 Å². The number of nitrogens with one attached hydrogen (secondary N) is 1. The number of fused-ring (bicyclic) bond motifs is 1. The van der Waals surface area contributed by atoms with Crippen LogP contribution >= 0.6 is 11.8 Å². The van der Waals surface area contributed by atoms with Crippen molar-refractivity contribution in [2.75, 3.05) is 11.4 Å². The van der Waals surface area contributed by atoms with Crippen LogP contribution in [0.2, 0.25) is 0 Å². The molecule has 1 amide bonds. The highest BCUT2D eigenvalue weighted by Gasteiger charge is 2.35. The van der Waals surface area contributed by atoms with Gasteiger partial charge in [0.2, 0.25) is 0 Å². The van der Waals surface area contributed by atoms with Gasteiger partial charge in [0.1, 0.15) is 0 Å². The molecule has 0 aromatic heterocycles. The average Bonchev–Trinajstić information content (AvgIpc) is 3.01. The molecule has 1 saturated heterocycles. The second kappa shape index (κ2) is 8.19. The molecule has 0 radical (unpaired) electrons. The van der Waals surface area contributed by atoms with Gasteiger partial charge in [-0.25, -0.2) is 4.99 Å². The summed E-state index contributed by atoms with van der Waals surface area (Å²) < 4.78 is 0. The SMILES string of the molecule is CCN1c2cc(C)c(/C=C3\SC(=Nc4cccc(C)c4)NC3=O)cc2[C@@H](C)CC1(C)C. The minimum atomic E-state index is -0.0853. The van der Waals surface area contributed by atoms with Gasteiger partial charge >= 0.3 is 0 Å². The molecule has 0 bridgehead atoms. The first-order valence-electron chi connectivity index (χ1n) is 11.0. The van der Waals surface area contributed by atoms with E-state index in [1.165, 1.54) is 28.6 Å². The third kappa shape index (κ3) is 4.29. The molecule has 2 aliphatic rings. The van der Waals surface area contributed by atoms with Crippen molar-refractivity contribution < 1.29 is 4.79 Å². The van der Waals surface area contributed by atoms with E-state index in [0.29, 0.717) is 16.0 Å². The minimum absolute atomic E-state index is 0.0853. The zero-order valence-electron chi connectivity index (χ0n) is 19.2. The predicted octanol–water partition coefficient (Wildman–Crippen LogP) is 6.31. The standard InChI is InChI=1S/C26H31N3OS/c1-7-29-22-12-17(3)19(13-21(22)18(4)15-26(29,5)6)14-23-24(30)28-25(31-23)27-20-10-8-9-16(2)11-20/h8-14,18H,7,15H2,1-6H3,(H,27,28,30)/b23-14-/t18-/m0/s1. The van der Waals surface area contributed by atoms with E-state index < -0.39 is 0 Å². The average molecular weight is 434 g/mol. The summed E-state index contributed by atoms with van der Waals surface area (Å²) in [5.41, 5.74) is 7.14. The fourth-order valence-corrected chi connectivity index (χ4v) is 5.67. The molecule has 2 heterocycles. The Hall–Kier alpha value is -2.53. The van der Waals surface area contributed by atoms with Crippen LogP contribution in [0.5, 0.6) is 0 Å². The number of benzene rings is 2. The van der Waals surface area contributed by atoms with Crippen molar-refractivity contribution in [3.63, 3.8) is 0 Å². The van der Waals surface area contributed by atoms with Crippen LogP contribution in [0, 0.1) is 13.8 Å². The van der Waals surface area contributed by atoms with Crippen LogP contribution in [0.25, 0.3) is 6.08 Å². The summed E-state index contributed by atoms with van der Waals surface area (Å²) in [7, 11) is 0. The van der Waals surface area contributed by atoms with E-state index >= 15 is 0 Å². The van der Waals surface area contributed by atoms with Crippen LogP contribution in [-0.2, 0) is 4.79 Å². The molecule has 1 N–H and O–H groups in total. The molecular weight excluding hydrogens is 402 g/mol. The van der Waals surface area contributed by atoms with Crippen molar-refractivity contribution in [1.82, 2.24) is 5.32 Å². The Morgan fingerprint density at radius 3 is 2.74 bits per heavy atom. The van der Waals surface area contributed by atoms with Crippen LogP contribution in [0.15, 0.2) is 46.3 Å². The normalized spacial score (nSPS) is 22.7. The van der Waals surface area contributed by atoms with Gasteiger partial charge in [-0.1, -0.05) is 19.1 Å². The monoisotopic (exact) mass is 433 g/mol. The molecule has 0 unspecified atom stereocenters. The summed E-state index contributed by atoms with van der Waals surface area (Å²) in [4.78, 5) is 20.4. The zero-order valence-corrected chi connectivity index (χ0v) is 20.1. The maximum Gasteiger partial charge on any atom is 0.264 e. The lowest BCUT2D eigenvalue weighted by atomic mass is 9.79. The van der Waals surface area contributed by atoms with Gasteiger partial charge in [0.15, 0.2) is 5.17 Å². The number of hydrogen-bond donors (Lipinski definition) is 1. The van der Waals surface area contributed by atoms with E-state index in [9.17, 15) is 4.79 Å². The predicted molar refractivity (Wildman–Crippen MR) is 133 cm³/mol. The van der Waals surface area contributed by atoms with Crippen molar-refractivity contribution in [3.05, 3.63) is 63.6 Å². The Bertz CT molecular complexity index is 1100. The number of carbonyl (C=O) groups is 1. The Kier molecular flexibility index (Phi) is 5.73. The summed E-state index contributed by atoms with van der Waals surface area (Å²) in [5.74, 6) is 0.395. The summed E-state index contributed by atoms with van der Waals surface area (Å²) in [6.45, 7) is 14.3. The quantitative estimate of drug-likeness (QED) is 0.577. The number of rotatable bonds is 3.